The highest BCUT2D eigenvalue weighted by atomic mass is 16.5. The van der Waals surface area contributed by atoms with Gasteiger partial charge in [0, 0.05) is 30.0 Å². The molecule has 0 saturated carbocycles. The van der Waals surface area contributed by atoms with Gasteiger partial charge in [0.2, 0.25) is 5.69 Å². The number of hydrogen-bond acceptors (Lipinski definition) is 4. The smallest absolute Gasteiger partial charge is 0.309 e. The molecule has 1 unspecified atom stereocenters. The van der Waals surface area contributed by atoms with E-state index in [0.29, 0.717) is 0 Å². The predicted molar refractivity (Wildman–Crippen MR) is 88.9 cm³/mol. The van der Waals surface area contributed by atoms with E-state index in [0.717, 1.165) is 41.4 Å². The van der Waals surface area contributed by atoms with Crippen LogP contribution in [-0.4, -0.2) is 25.9 Å². The van der Waals surface area contributed by atoms with Crippen molar-refractivity contribution in [3.05, 3.63) is 53.3 Å². The van der Waals surface area contributed by atoms with Crippen molar-refractivity contribution in [1.29, 1.82) is 0 Å². The molecule has 1 aromatic heterocycles. The van der Waals surface area contributed by atoms with Gasteiger partial charge in [-0.2, -0.15) is 4.57 Å². The Hall–Kier alpha value is -2.69. The second kappa shape index (κ2) is 5.74. The Kier molecular flexibility index (Phi) is 3.56. The summed E-state index contributed by atoms with van der Waals surface area (Å²) in [5.41, 5.74) is 5.25. The average molecular weight is 323 g/mol. The predicted octanol–water partition coefficient (Wildman–Crippen LogP) is 2.32. The molecular weight excluding hydrogens is 304 g/mol. The Morgan fingerprint density at radius 3 is 3.00 bits per heavy atom. The summed E-state index contributed by atoms with van der Waals surface area (Å²) in [7, 11) is 3.11. The normalized spacial score (nSPS) is 17.4. The van der Waals surface area contributed by atoms with E-state index in [1.54, 1.807) is 7.11 Å². The first-order valence-corrected chi connectivity index (χ1v) is 8.06. The van der Waals surface area contributed by atoms with Gasteiger partial charge in [0.25, 0.3) is 0 Å². The van der Waals surface area contributed by atoms with Crippen LogP contribution in [0.15, 0.2) is 41.5 Å². The van der Waals surface area contributed by atoms with Crippen LogP contribution in [-0.2, 0) is 22.5 Å². The molecule has 0 saturated heterocycles. The minimum atomic E-state index is -0.231. The van der Waals surface area contributed by atoms with Crippen molar-refractivity contribution in [3.8, 4) is 5.75 Å². The molecule has 0 N–H and O–H groups in total. The van der Waals surface area contributed by atoms with Crippen LogP contribution in [0.1, 0.15) is 29.2 Å². The highest BCUT2D eigenvalue weighted by Gasteiger charge is 2.39. The third-order valence-corrected chi connectivity index (χ3v) is 4.78. The van der Waals surface area contributed by atoms with Gasteiger partial charge in [-0.3, -0.25) is 4.79 Å². The largest absolute Gasteiger partial charge is 0.496 e. The number of aliphatic imine (C=N–C) groups is 1. The first-order chi connectivity index (χ1) is 11.7. The standard InChI is InChI=1S/C19H19N2O3/c1-23-16-5-3-4-14-18(16)13-7-9-21-8-6-12(11-17(22)24-2)10-15(21)19(13)20-14/h3-6,8,10,13H,7,9,11H2,1-2H3/q+1. The highest BCUT2D eigenvalue weighted by molar-refractivity contribution is 6.08. The number of ether oxygens (including phenoxy) is 2. The van der Waals surface area contributed by atoms with E-state index in [9.17, 15) is 4.79 Å². The van der Waals surface area contributed by atoms with E-state index in [2.05, 4.69) is 10.6 Å². The fourth-order valence-corrected chi connectivity index (χ4v) is 3.63. The van der Waals surface area contributed by atoms with Crippen molar-refractivity contribution in [2.45, 2.75) is 25.3 Å². The molecule has 5 nitrogen and oxygen atoms in total. The van der Waals surface area contributed by atoms with Crippen LogP contribution < -0.4 is 9.30 Å². The molecule has 3 heterocycles. The summed E-state index contributed by atoms with van der Waals surface area (Å²) >= 11 is 0. The molecule has 2 aliphatic heterocycles. The molecule has 122 valence electrons. The fourth-order valence-electron chi connectivity index (χ4n) is 3.63. The summed E-state index contributed by atoms with van der Waals surface area (Å²) in [6, 6.07) is 10.0. The maximum absolute atomic E-state index is 11.6. The lowest BCUT2D eigenvalue weighted by atomic mass is 9.87. The van der Waals surface area contributed by atoms with Gasteiger partial charge in [0.1, 0.15) is 18.0 Å². The van der Waals surface area contributed by atoms with Crippen molar-refractivity contribution in [1.82, 2.24) is 0 Å². The summed E-state index contributed by atoms with van der Waals surface area (Å²) in [4.78, 5) is 16.4. The van der Waals surface area contributed by atoms with Crippen molar-refractivity contribution in [2.75, 3.05) is 14.2 Å². The van der Waals surface area contributed by atoms with E-state index in [-0.39, 0.29) is 18.3 Å². The lowest BCUT2D eigenvalue weighted by molar-refractivity contribution is -0.701. The van der Waals surface area contributed by atoms with Gasteiger partial charge >= 0.3 is 5.97 Å². The number of nitrogens with zero attached hydrogens (tertiary/aromatic N) is 2. The number of carbonyl (C=O) groups is 1. The first kappa shape index (κ1) is 14.9. The molecule has 1 aromatic carbocycles. The van der Waals surface area contributed by atoms with Gasteiger partial charge < -0.3 is 9.47 Å². The van der Waals surface area contributed by atoms with Crippen LogP contribution in [0.5, 0.6) is 5.75 Å². The molecule has 24 heavy (non-hydrogen) atoms. The first-order valence-electron chi connectivity index (χ1n) is 8.06. The molecule has 0 bridgehead atoms. The number of hydrogen-bond donors (Lipinski definition) is 0. The Balaban J connectivity index is 1.76. The second-order valence-electron chi connectivity index (χ2n) is 6.10. The van der Waals surface area contributed by atoms with Crippen LogP contribution in [0.25, 0.3) is 0 Å². The minimum Gasteiger partial charge on any atom is -0.496 e. The minimum absolute atomic E-state index is 0.231. The van der Waals surface area contributed by atoms with Gasteiger partial charge in [-0.25, -0.2) is 4.99 Å². The summed E-state index contributed by atoms with van der Waals surface area (Å²) in [6.07, 6.45) is 3.31. The Bertz CT molecular complexity index is 858. The Labute approximate surface area is 140 Å². The topological polar surface area (TPSA) is 51.8 Å². The Morgan fingerprint density at radius 2 is 2.21 bits per heavy atom. The summed E-state index contributed by atoms with van der Waals surface area (Å²) < 4.78 is 12.5. The number of fused-ring (bicyclic) bond motifs is 5. The molecule has 1 atom stereocenters. The van der Waals surface area contributed by atoms with Crippen LogP contribution in [0.4, 0.5) is 5.69 Å². The van der Waals surface area contributed by atoms with E-state index in [4.69, 9.17) is 14.5 Å². The van der Waals surface area contributed by atoms with Crippen LogP contribution >= 0.6 is 0 Å². The van der Waals surface area contributed by atoms with Gasteiger partial charge in [-0.15, -0.1) is 0 Å². The van der Waals surface area contributed by atoms with Crippen molar-refractivity contribution < 1.29 is 18.8 Å². The number of benzene rings is 1. The van der Waals surface area contributed by atoms with Crippen LogP contribution in [0.2, 0.25) is 0 Å². The van der Waals surface area contributed by atoms with Gasteiger partial charge in [0.05, 0.1) is 26.3 Å². The quantitative estimate of drug-likeness (QED) is 0.643. The van der Waals surface area contributed by atoms with Crippen LogP contribution in [0, 0.1) is 0 Å². The van der Waals surface area contributed by atoms with E-state index in [1.807, 2.05) is 30.5 Å². The maximum atomic E-state index is 11.6. The van der Waals surface area contributed by atoms with Crippen molar-refractivity contribution >= 4 is 17.4 Å². The lowest BCUT2D eigenvalue weighted by Crippen LogP contribution is -2.46. The van der Waals surface area contributed by atoms with Crippen molar-refractivity contribution in [2.24, 2.45) is 4.99 Å². The third kappa shape index (κ3) is 2.28. The van der Waals surface area contributed by atoms with Crippen molar-refractivity contribution in [3.63, 3.8) is 0 Å². The number of rotatable bonds is 3. The monoisotopic (exact) mass is 323 g/mol. The highest BCUT2D eigenvalue weighted by Crippen LogP contribution is 2.45. The summed E-state index contributed by atoms with van der Waals surface area (Å²) in [6.45, 7) is 0.926. The number of aromatic nitrogens is 1. The zero-order valence-corrected chi connectivity index (χ0v) is 13.8. The third-order valence-electron chi connectivity index (χ3n) is 4.78. The molecule has 0 radical (unpaired) electrons. The maximum Gasteiger partial charge on any atom is 0.309 e. The second-order valence-corrected chi connectivity index (χ2v) is 6.10. The summed E-state index contributed by atoms with van der Waals surface area (Å²) in [5, 5.41) is 0. The SMILES string of the molecule is COC(=O)Cc1cc[n+]2c(c1)C1=Nc3cccc(OC)c3C1CC2. The number of pyridine rings is 1. The average Bonchev–Trinajstić information content (AvgIpc) is 3.00. The number of esters is 1. The van der Waals surface area contributed by atoms with E-state index < -0.39 is 0 Å². The number of aryl methyl sites for hydroxylation is 1. The molecule has 0 spiro atoms. The summed E-state index contributed by atoms with van der Waals surface area (Å²) in [5.74, 6) is 0.922. The number of carbonyl (C=O) groups excluding carboxylic acids is 1. The van der Waals surface area contributed by atoms with Gasteiger partial charge in [-0.05, 0) is 17.7 Å². The zero-order chi connectivity index (χ0) is 16.7. The van der Waals surface area contributed by atoms with Gasteiger partial charge in [-0.1, -0.05) is 6.07 Å². The Morgan fingerprint density at radius 1 is 1.33 bits per heavy atom. The molecule has 0 amide bonds. The fraction of sp³-hybridized carbons (Fsp3) is 0.316. The molecule has 2 aliphatic rings. The van der Waals surface area contributed by atoms with E-state index in [1.165, 1.54) is 12.7 Å². The molecule has 2 aromatic rings. The molecule has 0 fully saturated rings. The van der Waals surface area contributed by atoms with E-state index >= 15 is 0 Å². The molecule has 5 heteroatoms. The molecular formula is C19H19N2O3+. The molecule has 4 rings (SSSR count). The zero-order valence-electron chi connectivity index (χ0n) is 13.8. The van der Waals surface area contributed by atoms with Crippen LogP contribution in [0.3, 0.4) is 0 Å². The lowest BCUT2D eigenvalue weighted by Gasteiger charge is -2.20. The number of methoxy groups -OCH3 is 2. The molecule has 0 aliphatic carbocycles. The van der Waals surface area contributed by atoms with Gasteiger partial charge in [0.15, 0.2) is 6.20 Å².